The monoisotopic (exact) mass is 234 g/mol. The number of nitrogens with zero attached hydrogens (tertiary/aromatic N) is 4. The minimum Gasteiger partial charge on any atom is -0.196 e. The van der Waals surface area contributed by atoms with Gasteiger partial charge < -0.3 is 0 Å². The third-order valence-electron chi connectivity index (χ3n) is 5.16. The first kappa shape index (κ1) is 10.8. The maximum Gasteiger partial charge on any atom is 0.182 e. The second-order valence-electron chi connectivity index (χ2n) is 5.40. The summed E-state index contributed by atoms with van der Waals surface area (Å²) < 4.78 is 0. The molecule has 0 amide bonds. The van der Waals surface area contributed by atoms with Crippen LogP contribution in [-0.4, -0.2) is 0 Å². The molecule has 0 unspecified atom stereocenters. The molecule has 0 N–H and O–H groups in total. The normalized spacial score (nSPS) is 40.2. The van der Waals surface area contributed by atoms with E-state index >= 15 is 0 Å². The Kier molecular flexibility index (Phi) is 1.88. The van der Waals surface area contributed by atoms with E-state index in [1.807, 2.05) is 36.4 Å². The minimum atomic E-state index is -1.50. The van der Waals surface area contributed by atoms with Gasteiger partial charge in [-0.1, -0.05) is 12.2 Å². The zero-order chi connectivity index (χ0) is 13.0. The van der Waals surface area contributed by atoms with Gasteiger partial charge in [0.25, 0.3) is 0 Å². The highest BCUT2D eigenvalue weighted by Crippen LogP contribution is 2.68. The van der Waals surface area contributed by atoms with E-state index in [1.165, 1.54) is 0 Å². The summed E-state index contributed by atoms with van der Waals surface area (Å²) in [6.07, 6.45) is 5.77. The van der Waals surface area contributed by atoms with Crippen molar-refractivity contribution in [1.82, 2.24) is 0 Å². The van der Waals surface area contributed by atoms with Crippen LogP contribution in [0, 0.1) is 79.8 Å². The molecule has 2 bridgehead atoms. The molecule has 2 saturated carbocycles. The van der Waals surface area contributed by atoms with Crippen LogP contribution in [0.4, 0.5) is 0 Å². The molecular weight excluding hydrogens is 224 g/mol. The molecule has 18 heavy (non-hydrogen) atoms. The van der Waals surface area contributed by atoms with Gasteiger partial charge >= 0.3 is 0 Å². The topological polar surface area (TPSA) is 95.2 Å². The molecule has 4 atom stereocenters. The molecule has 4 rings (SSSR count). The molecule has 0 aliphatic heterocycles. The summed E-state index contributed by atoms with van der Waals surface area (Å²) >= 11 is 0. The van der Waals surface area contributed by atoms with Gasteiger partial charge in [-0.3, -0.25) is 0 Å². The lowest BCUT2D eigenvalue weighted by molar-refractivity contribution is -0.0745. The Morgan fingerprint density at radius 2 is 1.06 bits per heavy atom. The van der Waals surface area contributed by atoms with Crippen LogP contribution >= 0.6 is 0 Å². The number of hydrogen-bond acceptors (Lipinski definition) is 4. The van der Waals surface area contributed by atoms with E-state index < -0.39 is 10.8 Å². The molecule has 4 aliphatic rings. The van der Waals surface area contributed by atoms with Crippen LogP contribution in [0.3, 0.4) is 0 Å². The fraction of sp³-hybridized carbons (Fsp3) is 0.571. The van der Waals surface area contributed by atoms with Gasteiger partial charge in [0.2, 0.25) is 0 Å². The molecule has 0 aromatic rings. The van der Waals surface area contributed by atoms with Crippen molar-refractivity contribution >= 4 is 0 Å². The summed E-state index contributed by atoms with van der Waals surface area (Å²) in [5.41, 5.74) is -3.00. The molecule has 0 aromatic heterocycles. The number of nitriles is 4. The van der Waals surface area contributed by atoms with Gasteiger partial charge in [-0.25, -0.2) is 0 Å². The van der Waals surface area contributed by atoms with Crippen LogP contribution in [0.5, 0.6) is 0 Å². The van der Waals surface area contributed by atoms with Crippen LogP contribution < -0.4 is 0 Å². The molecule has 4 heteroatoms. The van der Waals surface area contributed by atoms with E-state index in [2.05, 4.69) is 0 Å². The maximum absolute atomic E-state index is 9.48. The smallest absolute Gasteiger partial charge is 0.182 e. The van der Waals surface area contributed by atoms with E-state index in [1.54, 1.807) is 0 Å². The van der Waals surface area contributed by atoms with Crippen molar-refractivity contribution in [3.05, 3.63) is 12.2 Å². The van der Waals surface area contributed by atoms with Gasteiger partial charge in [0.05, 0.1) is 24.3 Å². The van der Waals surface area contributed by atoms with Gasteiger partial charge in [-0.2, -0.15) is 21.0 Å². The highest BCUT2D eigenvalue weighted by molar-refractivity contribution is 5.46. The molecule has 0 spiro atoms. The Morgan fingerprint density at radius 3 is 1.28 bits per heavy atom. The largest absolute Gasteiger partial charge is 0.196 e. The van der Waals surface area contributed by atoms with Crippen molar-refractivity contribution in [3.8, 4) is 24.3 Å². The summed E-state index contributed by atoms with van der Waals surface area (Å²) in [5.74, 6) is 0.0642. The fourth-order valence-electron chi connectivity index (χ4n) is 4.13. The molecular formula is C14H10N4. The fourth-order valence-corrected chi connectivity index (χ4v) is 4.13. The van der Waals surface area contributed by atoms with E-state index in [4.69, 9.17) is 0 Å². The Labute approximate surface area is 105 Å². The third kappa shape index (κ3) is 0.796. The third-order valence-corrected chi connectivity index (χ3v) is 5.16. The van der Waals surface area contributed by atoms with Crippen molar-refractivity contribution in [3.63, 3.8) is 0 Å². The van der Waals surface area contributed by atoms with Crippen LogP contribution in [0.25, 0.3) is 0 Å². The van der Waals surface area contributed by atoms with Crippen molar-refractivity contribution < 1.29 is 0 Å². The SMILES string of the molecule is N#CC1(C#N)[C@H]2C=C[C@@H]([C@H]3CC[C@@H]32)C1(C#N)C#N. The zero-order valence-electron chi connectivity index (χ0n) is 9.67. The molecule has 0 heterocycles. The Bertz CT molecular complexity index is 522. The predicted octanol–water partition coefficient (Wildman–Crippen LogP) is 1.90. The Balaban J connectivity index is 2.30. The summed E-state index contributed by atoms with van der Waals surface area (Å²) in [6.45, 7) is 0. The van der Waals surface area contributed by atoms with Crippen molar-refractivity contribution in [2.24, 2.45) is 34.5 Å². The average Bonchev–Trinajstić information content (AvgIpc) is 2.37. The molecule has 0 aromatic carbocycles. The predicted molar refractivity (Wildman–Crippen MR) is 59.7 cm³/mol. The number of allylic oxidation sites excluding steroid dienone is 2. The number of rotatable bonds is 0. The van der Waals surface area contributed by atoms with E-state index in [0.717, 1.165) is 12.8 Å². The molecule has 0 radical (unpaired) electrons. The number of hydrogen-bond donors (Lipinski definition) is 0. The lowest BCUT2D eigenvalue weighted by atomic mass is 9.37. The van der Waals surface area contributed by atoms with Gasteiger partial charge in [0, 0.05) is 11.8 Å². The standard InChI is InChI=1S/C14H10N4/c15-5-13(6-16)11-3-4-12(10-2-1-9(10)11)14(13,7-17)8-18/h3-4,9-12H,1-2H2/t9-,10-,11-,12-/m0/s1. The lowest BCUT2D eigenvalue weighted by Crippen LogP contribution is -2.63. The van der Waals surface area contributed by atoms with Crippen LogP contribution in [0.1, 0.15) is 12.8 Å². The quantitative estimate of drug-likeness (QED) is 0.598. The summed E-state index contributed by atoms with van der Waals surface area (Å²) in [4.78, 5) is 0. The first-order valence-corrected chi connectivity index (χ1v) is 6.04. The van der Waals surface area contributed by atoms with Crippen molar-refractivity contribution in [2.45, 2.75) is 12.8 Å². The molecule has 4 nitrogen and oxygen atoms in total. The van der Waals surface area contributed by atoms with Crippen LogP contribution in [0.15, 0.2) is 12.2 Å². The van der Waals surface area contributed by atoms with Gasteiger partial charge in [-0.05, 0) is 24.7 Å². The van der Waals surface area contributed by atoms with Crippen molar-refractivity contribution in [1.29, 1.82) is 21.0 Å². The lowest BCUT2D eigenvalue weighted by Gasteiger charge is -2.60. The first-order valence-electron chi connectivity index (χ1n) is 6.04. The van der Waals surface area contributed by atoms with E-state index in [9.17, 15) is 21.0 Å². The van der Waals surface area contributed by atoms with Crippen molar-refractivity contribution in [2.75, 3.05) is 0 Å². The maximum atomic E-state index is 9.48. The highest BCUT2D eigenvalue weighted by atomic mass is 14.7. The molecule has 2 fully saturated rings. The summed E-state index contributed by atoms with van der Waals surface area (Å²) in [5, 5.41) is 37.9. The summed E-state index contributed by atoms with van der Waals surface area (Å²) in [7, 11) is 0. The van der Waals surface area contributed by atoms with E-state index in [0.29, 0.717) is 11.8 Å². The number of fused-ring (bicyclic) bond motifs is 1. The van der Waals surface area contributed by atoms with E-state index in [-0.39, 0.29) is 11.8 Å². The molecule has 4 aliphatic carbocycles. The molecule has 86 valence electrons. The summed E-state index contributed by atoms with van der Waals surface area (Å²) in [6, 6.07) is 8.08. The Morgan fingerprint density at radius 1 is 0.722 bits per heavy atom. The average molecular weight is 234 g/mol. The van der Waals surface area contributed by atoms with Gasteiger partial charge in [-0.15, -0.1) is 0 Å². The van der Waals surface area contributed by atoms with Crippen LogP contribution in [-0.2, 0) is 0 Å². The first-order chi connectivity index (χ1) is 8.70. The molecule has 0 saturated heterocycles. The minimum absolute atomic E-state index is 0.268. The van der Waals surface area contributed by atoms with Gasteiger partial charge in [0.15, 0.2) is 10.8 Å². The highest BCUT2D eigenvalue weighted by Gasteiger charge is 2.72. The second-order valence-corrected chi connectivity index (χ2v) is 5.40. The van der Waals surface area contributed by atoms with Gasteiger partial charge in [0.1, 0.15) is 0 Å². The second kappa shape index (κ2) is 3.13. The zero-order valence-corrected chi connectivity index (χ0v) is 9.67. The Hall–Kier alpha value is -2.30. The van der Waals surface area contributed by atoms with Crippen LogP contribution in [0.2, 0.25) is 0 Å².